The molecular weight excluding hydrogens is 348 g/mol. The SMILES string of the molecule is CCN(CC)C(=O)N1CCN(C(=O)c2cncc(Br)c2)CC1. The largest absolute Gasteiger partial charge is 0.335 e. The van der Waals surface area contributed by atoms with E-state index in [9.17, 15) is 9.59 Å². The van der Waals surface area contributed by atoms with E-state index in [1.54, 1.807) is 28.3 Å². The summed E-state index contributed by atoms with van der Waals surface area (Å²) >= 11 is 3.32. The first kappa shape index (κ1) is 16.7. The van der Waals surface area contributed by atoms with Crippen molar-refractivity contribution in [1.29, 1.82) is 0 Å². The summed E-state index contributed by atoms with van der Waals surface area (Å²) in [5.74, 6) is -0.0382. The Kier molecular flexibility index (Phi) is 5.76. The Morgan fingerprint density at radius 3 is 2.27 bits per heavy atom. The highest BCUT2D eigenvalue weighted by molar-refractivity contribution is 9.10. The van der Waals surface area contributed by atoms with Crippen LogP contribution in [-0.2, 0) is 0 Å². The van der Waals surface area contributed by atoms with Crippen molar-refractivity contribution < 1.29 is 9.59 Å². The zero-order chi connectivity index (χ0) is 16.1. The molecule has 7 heteroatoms. The fourth-order valence-electron chi connectivity index (χ4n) is 2.51. The Balaban J connectivity index is 1.94. The molecule has 0 radical (unpaired) electrons. The number of urea groups is 1. The predicted octanol–water partition coefficient (Wildman–Crippen LogP) is 2.06. The normalized spacial score (nSPS) is 14.9. The molecule has 0 N–H and O–H groups in total. The standard InChI is InChI=1S/C15H21BrN4O2/c1-3-18(4-2)15(22)20-7-5-19(6-8-20)14(21)12-9-13(16)11-17-10-12/h9-11H,3-8H2,1-2H3. The molecule has 0 saturated carbocycles. The van der Waals surface area contributed by atoms with E-state index in [0.717, 1.165) is 4.47 Å². The Hall–Kier alpha value is -1.63. The molecule has 1 aromatic heterocycles. The van der Waals surface area contributed by atoms with Gasteiger partial charge in [-0.25, -0.2) is 4.79 Å². The van der Waals surface area contributed by atoms with Gasteiger partial charge in [-0.15, -0.1) is 0 Å². The summed E-state index contributed by atoms with van der Waals surface area (Å²) in [5, 5.41) is 0. The van der Waals surface area contributed by atoms with Crippen LogP contribution in [0.4, 0.5) is 4.79 Å². The Morgan fingerprint density at radius 2 is 1.73 bits per heavy atom. The van der Waals surface area contributed by atoms with E-state index in [2.05, 4.69) is 20.9 Å². The first-order valence-corrected chi connectivity index (χ1v) is 8.29. The van der Waals surface area contributed by atoms with Gasteiger partial charge in [0.1, 0.15) is 0 Å². The van der Waals surface area contributed by atoms with Gasteiger partial charge >= 0.3 is 6.03 Å². The van der Waals surface area contributed by atoms with Gasteiger partial charge in [0.2, 0.25) is 0 Å². The number of nitrogens with zero attached hydrogens (tertiary/aromatic N) is 4. The molecule has 0 aliphatic carbocycles. The van der Waals surface area contributed by atoms with Crippen molar-refractivity contribution in [3.05, 3.63) is 28.5 Å². The van der Waals surface area contributed by atoms with Crippen molar-refractivity contribution in [2.45, 2.75) is 13.8 Å². The van der Waals surface area contributed by atoms with Gasteiger partial charge in [-0.1, -0.05) is 0 Å². The molecule has 2 heterocycles. The van der Waals surface area contributed by atoms with Crippen LogP contribution in [0.5, 0.6) is 0 Å². The molecular formula is C15H21BrN4O2. The van der Waals surface area contributed by atoms with Crippen LogP contribution in [0.2, 0.25) is 0 Å². The molecule has 1 fully saturated rings. The number of carbonyl (C=O) groups is 2. The van der Waals surface area contributed by atoms with Crippen LogP contribution in [0.1, 0.15) is 24.2 Å². The second-order valence-corrected chi connectivity index (χ2v) is 6.04. The van der Waals surface area contributed by atoms with Gasteiger partial charge in [0, 0.05) is 56.1 Å². The number of amides is 3. The van der Waals surface area contributed by atoms with E-state index in [1.807, 2.05) is 18.7 Å². The molecule has 1 aliphatic rings. The minimum Gasteiger partial charge on any atom is -0.335 e. The molecule has 0 bridgehead atoms. The van der Waals surface area contributed by atoms with E-state index in [1.165, 1.54) is 0 Å². The summed E-state index contributed by atoms with van der Waals surface area (Å²) in [6.45, 7) is 7.61. The number of pyridine rings is 1. The highest BCUT2D eigenvalue weighted by atomic mass is 79.9. The topological polar surface area (TPSA) is 56.8 Å². The van der Waals surface area contributed by atoms with Crippen molar-refractivity contribution in [2.24, 2.45) is 0 Å². The molecule has 0 aromatic carbocycles. The maximum atomic E-state index is 12.4. The van der Waals surface area contributed by atoms with Gasteiger partial charge in [0.05, 0.1) is 5.56 Å². The molecule has 120 valence electrons. The lowest BCUT2D eigenvalue weighted by molar-refractivity contribution is 0.0641. The average Bonchev–Trinajstić information content (AvgIpc) is 2.55. The smallest absolute Gasteiger partial charge is 0.320 e. The lowest BCUT2D eigenvalue weighted by Crippen LogP contribution is -2.54. The molecule has 6 nitrogen and oxygen atoms in total. The first-order chi connectivity index (χ1) is 10.6. The number of halogens is 1. The van der Waals surface area contributed by atoms with Crippen LogP contribution in [-0.4, -0.2) is 70.9 Å². The van der Waals surface area contributed by atoms with E-state index in [4.69, 9.17) is 0 Å². The number of carbonyl (C=O) groups excluding carboxylic acids is 2. The van der Waals surface area contributed by atoms with Crippen molar-refractivity contribution in [1.82, 2.24) is 19.7 Å². The monoisotopic (exact) mass is 368 g/mol. The van der Waals surface area contributed by atoms with Gasteiger partial charge in [-0.05, 0) is 35.8 Å². The van der Waals surface area contributed by atoms with Gasteiger partial charge in [0.25, 0.3) is 5.91 Å². The molecule has 3 amide bonds. The molecule has 22 heavy (non-hydrogen) atoms. The summed E-state index contributed by atoms with van der Waals surface area (Å²) in [6.07, 6.45) is 3.22. The molecule has 0 atom stereocenters. The van der Waals surface area contributed by atoms with Crippen LogP contribution in [0.15, 0.2) is 22.9 Å². The van der Waals surface area contributed by atoms with E-state index < -0.39 is 0 Å². The minimum absolute atomic E-state index is 0.0382. The highest BCUT2D eigenvalue weighted by Gasteiger charge is 2.26. The molecule has 0 spiro atoms. The summed E-state index contributed by atoms with van der Waals surface area (Å²) in [4.78, 5) is 34.1. The Morgan fingerprint density at radius 1 is 1.14 bits per heavy atom. The van der Waals surface area contributed by atoms with Gasteiger partial charge < -0.3 is 14.7 Å². The minimum atomic E-state index is -0.0382. The number of hydrogen-bond acceptors (Lipinski definition) is 3. The third kappa shape index (κ3) is 3.76. The number of rotatable bonds is 3. The van der Waals surface area contributed by atoms with E-state index >= 15 is 0 Å². The second kappa shape index (κ2) is 7.58. The van der Waals surface area contributed by atoms with Crippen LogP contribution >= 0.6 is 15.9 Å². The average molecular weight is 369 g/mol. The van der Waals surface area contributed by atoms with Crippen LogP contribution < -0.4 is 0 Å². The highest BCUT2D eigenvalue weighted by Crippen LogP contribution is 2.14. The maximum Gasteiger partial charge on any atom is 0.320 e. The van der Waals surface area contributed by atoms with Gasteiger partial charge in [-0.2, -0.15) is 0 Å². The van der Waals surface area contributed by atoms with Gasteiger partial charge in [-0.3, -0.25) is 9.78 Å². The van der Waals surface area contributed by atoms with Crippen molar-refractivity contribution in [3.8, 4) is 0 Å². The summed E-state index contributed by atoms with van der Waals surface area (Å²) < 4.78 is 0.786. The van der Waals surface area contributed by atoms with Crippen molar-refractivity contribution in [3.63, 3.8) is 0 Å². The summed E-state index contributed by atoms with van der Waals surface area (Å²) in [7, 11) is 0. The van der Waals surface area contributed by atoms with E-state index in [0.29, 0.717) is 44.8 Å². The maximum absolute atomic E-state index is 12.4. The molecule has 2 rings (SSSR count). The van der Waals surface area contributed by atoms with Crippen molar-refractivity contribution >= 4 is 27.9 Å². The van der Waals surface area contributed by atoms with Crippen LogP contribution in [0.3, 0.4) is 0 Å². The van der Waals surface area contributed by atoms with Crippen LogP contribution in [0, 0.1) is 0 Å². The molecule has 1 saturated heterocycles. The predicted molar refractivity (Wildman–Crippen MR) is 87.7 cm³/mol. The number of aromatic nitrogens is 1. The summed E-state index contributed by atoms with van der Waals surface area (Å²) in [6, 6.07) is 1.82. The van der Waals surface area contributed by atoms with Crippen molar-refractivity contribution in [2.75, 3.05) is 39.3 Å². The third-order valence-electron chi connectivity index (χ3n) is 3.82. The van der Waals surface area contributed by atoms with Crippen LogP contribution in [0.25, 0.3) is 0 Å². The quantitative estimate of drug-likeness (QED) is 0.820. The van der Waals surface area contributed by atoms with E-state index in [-0.39, 0.29) is 11.9 Å². The Labute approximate surface area is 139 Å². The number of hydrogen-bond donors (Lipinski definition) is 0. The second-order valence-electron chi connectivity index (χ2n) is 5.13. The zero-order valence-electron chi connectivity index (χ0n) is 13.0. The lowest BCUT2D eigenvalue weighted by Gasteiger charge is -2.37. The third-order valence-corrected chi connectivity index (χ3v) is 4.26. The number of piperazine rings is 1. The fourth-order valence-corrected chi connectivity index (χ4v) is 2.87. The lowest BCUT2D eigenvalue weighted by atomic mass is 10.2. The fraction of sp³-hybridized carbons (Fsp3) is 0.533. The summed E-state index contributed by atoms with van der Waals surface area (Å²) in [5.41, 5.74) is 0.567. The molecule has 1 aliphatic heterocycles. The first-order valence-electron chi connectivity index (χ1n) is 7.50. The van der Waals surface area contributed by atoms with Gasteiger partial charge in [0.15, 0.2) is 0 Å². The molecule has 0 unspecified atom stereocenters. The Bertz CT molecular complexity index is 540. The zero-order valence-corrected chi connectivity index (χ0v) is 14.5. The molecule has 1 aromatic rings.